The third kappa shape index (κ3) is 24.5. The van der Waals surface area contributed by atoms with Crippen LogP contribution in [-0.2, 0) is 12.8 Å². The predicted octanol–water partition coefficient (Wildman–Crippen LogP) is 10.5. The zero-order chi connectivity index (χ0) is 24.5. The van der Waals surface area contributed by atoms with E-state index in [1.54, 1.807) is 0 Å². The first kappa shape index (κ1) is 35.9. The van der Waals surface area contributed by atoms with Crippen LogP contribution in [0.2, 0.25) is 0 Å². The highest BCUT2D eigenvalue weighted by atomic mass is 14.0. The molecule has 0 bridgehead atoms. The number of hydrogen-bond donors (Lipinski definition) is 0. The molecule has 0 radical (unpaired) electrons. The van der Waals surface area contributed by atoms with Crippen LogP contribution < -0.4 is 0 Å². The van der Waals surface area contributed by atoms with E-state index in [0.717, 1.165) is 11.8 Å². The van der Waals surface area contributed by atoms with Crippen LogP contribution in [0.1, 0.15) is 105 Å². The van der Waals surface area contributed by atoms with E-state index in [9.17, 15) is 0 Å². The Labute approximate surface area is 192 Å². The maximum atomic E-state index is 2.26. The lowest BCUT2D eigenvalue weighted by atomic mass is 10.0. The van der Waals surface area contributed by atoms with Gasteiger partial charge in [-0.1, -0.05) is 143 Å². The molecule has 0 heterocycles. The van der Waals surface area contributed by atoms with E-state index in [1.165, 1.54) is 35.1 Å². The Balaban J connectivity index is -0.000000169. The van der Waals surface area contributed by atoms with Crippen molar-refractivity contribution in [3.8, 4) is 0 Å². The average molecular weight is 417 g/mol. The third-order valence-electron chi connectivity index (χ3n) is 3.49. The second kappa shape index (κ2) is 27.4. The molecule has 30 heavy (non-hydrogen) atoms. The first-order valence-electron chi connectivity index (χ1n) is 12.5. The predicted molar refractivity (Wildman–Crippen MR) is 145 cm³/mol. The number of aryl methyl sites for hydroxylation is 2. The fourth-order valence-electron chi connectivity index (χ4n) is 2.51. The van der Waals surface area contributed by atoms with E-state index in [-0.39, 0.29) is 0 Å². The molecule has 0 saturated heterocycles. The van der Waals surface area contributed by atoms with Crippen molar-refractivity contribution in [2.75, 3.05) is 0 Å². The Morgan fingerprint density at radius 3 is 1.27 bits per heavy atom. The summed E-state index contributed by atoms with van der Waals surface area (Å²) in [7, 11) is 0. The van der Waals surface area contributed by atoms with E-state index in [0.29, 0.717) is 0 Å². The Hall–Kier alpha value is -1.56. The summed E-state index contributed by atoms with van der Waals surface area (Å²) in [6.45, 7) is 29.3. The molecule has 0 aliphatic carbocycles. The van der Waals surface area contributed by atoms with Crippen LogP contribution in [0.15, 0.2) is 48.5 Å². The molecule has 0 aliphatic rings. The summed E-state index contributed by atoms with van der Waals surface area (Å²) in [6, 6.07) is 17.5. The Morgan fingerprint density at radius 1 is 0.500 bits per heavy atom. The van der Waals surface area contributed by atoms with Gasteiger partial charge in [0, 0.05) is 0 Å². The van der Waals surface area contributed by atoms with E-state index in [2.05, 4.69) is 90.1 Å². The Kier molecular flexibility index (Phi) is 32.8. The molecule has 2 rings (SSSR count). The topological polar surface area (TPSA) is 0 Å². The van der Waals surface area contributed by atoms with Crippen LogP contribution in [0.25, 0.3) is 0 Å². The first-order chi connectivity index (χ1) is 14.4. The summed E-state index contributed by atoms with van der Waals surface area (Å²) < 4.78 is 0. The summed E-state index contributed by atoms with van der Waals surface area (Å²) >= 11 is 0. The van der Waals surface area contributed by atoms with Crippen molar-refractivity contribution < 1.29 is 0 Å². The zero-order valence-corrected chi connectivity index (χ0v) is 23.2. The molecular weight excluding hydrogens is 360 g/mol. The van der Waals surface area contributed by atoms with Gasteiger partial charge in [0.05, 0.1) is 0 Å². The molecule has 0 spiro atoms. The average Bonchev–Trinajstić information content (AvgIpc) is 2.75. The summed E-state index contributed by atoms with van der Waals surface area (Å²) in [5.74, 6) is 1.52. The molecule has 0 aromatic heterocycles. The smallest absolute Gasteiger partial charge is 0.0256 e. The van der Waals surface area contributed by atoms with Crippen LogP contribution >= 0.6 is 0 Å². The van der Waals surface area contributed by atoms with E-state index < -0.39 is 0 Å². The highest BCUT2D eigenvalue weighted by molar-refractivity contribution is 5.22. The summed E-state index contributed by atoms with van der Waals surface area (Å²) in [6.07, 6.45) is 2.39. The molecule has 2 aromatic carbocycles. The molecule has 0 fully saturated rings. The van der Waals surface area contributed by atoms with Gasteiger partial charge in [0.1, 0.15) is 0 Å². The number of benzene rings is 2. The monoisotopic (exact) mass is 416 g/mol. The minimum atomic E-state index is 0.761. The van der Waals surface area contributed by atoms with Gasteiger partial charge in [-0.15, -0.1) is 0 Å². The summed E-state index contributed by atoms with van der Waals surface area (Å²) in [4.78, 5) is 0. The van der Waals surface area contributed by atoms with Crippen LogP contribution in [0, 0.1) is 25.7 Å². The highest BCUT2D eigenvalue weighted by Gasteiger charge is 1.96. The van der Waals surface area contributed by atoms with Crippen LogP contribution in [0.3, 0.4) is 0 Å². The van der Waals surface area contributed by atoms with Crippen LogP contribution in [-0.4, -0.2) is 0 Å². The number of rotatable bonds is 4. The lowest BCUT2D eigenvalue weighted by molar-refractivity contribution is 0.647. The van der Waals surface area contributed by atoms with Gasteiger partial charge in [-0.3, -0.25) is 0 Å². The maximum absolute atomic E-state index is 2.26. The van der Waals surface area contributed by atoms with Gasteiger partial charge in [0.15, 0.2) is 0 Å². The molecule has 0 unspecified atom stereocenters. The third-order valence-corrected chi connectivity index (χ3v) is 3.49. The van der Waals surface area contributed by atoms with E-state index in [4.69, 9.17) is 0 Å². The molecule has 176 valence electrons. The maximum Gasteiger partial charge on any atom is -0.0256 e. The van der Waals surface area contributed by atoms with Gasteiger partial charge in [-0.2, -0.15) is 0 Å². The fourth-order valence-corrected chi connectivity index (χ4v) is 2.51. The van der Waals surface area contributed by atoms with Crippen molar-refractivity contribution in [2.45, 2.75) is 110 Å². The standard InChI is InChI=1S/2C11H16.4C2H6/c1-9(2)8-11-6-4-10(3)5-7-11;1-9(2)7-11-6-4-5-10(3)8-11;4*1-2/h4-7,9H,8H2,1-3H3;4-6,8-9H,7H2,1-3H3;4*1-2H3. The molecule has 2 aromatic rings. The van der Waals surface area contributed by atoms with Crippen molar-refractivity contribution in [1.82, 2.24) is 0 Å². The SMILES string of the molecule is CC.CC.CC.CC.Cc1ccc(CC(C)C)cc1.Cc1cccc(CC(C)C)c1. The fraction of sp³-hybridized carbons (Fsp3) is 0.600. The van der Waals surface area contributed by atoms with Crippen LogP contribution in [0.5, 0.6) is 0 Å². The molecule has 0 saturated carbocycles. The molecule has 0 heteroatoms. The molecule has 0 nitrogen and oxygen atoms in total. The van der Waals surface area contributed by atoms with E-state index in [1.807, 2.05) is 55.4 Å². The first-order valence-corrected chi connectivity index (χ1v) is 12.5. The second-order valence-corrected chi connectivity index (χ2v) is 7.17. The normalized spacial score (nSPS) is 8.53. The highest BCUT2D eigenvalue weighted by Crippen LogP contribution is 2.09. The Bertz CT molecular complexity index is 532. The molecule has 0 atom stereocenters. The minimum absolute atomic E-state index is 0.761. The molecule has 0 N–H and O–H groups in total. The van der Waals surface area contributed by atoms with Crippen molar-refractivity contribution >= 4 is 0 Å². The lowest BCUT2D eigenvalue weighted by Crippen LogP contribution is -1.93. The van der Waals surface area contributed by atoms with Gasteiger partial charge >= 0.3 is 0 Å². The van der Waals surface area contributed by atoms with Crippen LogP contribution in [0.4, 0.5) is 0 Å². The molecule has 0 aliphatic heterocycles. The van der Waals surface area contributed by atoms with Crippen molar-refractivity contribution in [3.05, 3.63) is 70.8 Å². The zero-order valence-electron chi connectivity index (χ0n) is 23.2. The largest absolute Gasteiger partial charge is 0.0683 e. The second-order valence-electron chi connectivity index (χ2n) is 7.17. The van der Waals surface area contributed by atoms with Crippen molar-refractivity contribution in [2.24, 2.45) is 11.8 Å². The summed E-state index contributed by atoms with van der Waals surface area (Å²) in [5.41, 5.74) is 5.62. The van der Waals surface area contributed by atoms with Gasteiger partial charge in [-0.25, -0.2) is 0 Å². The minimum Gasteiger partial charge on any atom is -0.0683 e. The summed E-state index contributed by atoms with van der Waals surface area (Å²) in [5, 5.41) is 0. The van der Waals surface area contributed by atoms with Gasteiger partial charge in [0.25, 0.3) is 0 Å². The van der Waals surface area contributed by atoms with E-state index >= 15 is 0 Å². The quantitative estimate of drug-likeness (QED) is 0.465. The molecular formula is C30H56. The van der Waals surface area contributed by atoms with Gasteiger partial charge < -0.3 is 0 Å². The molecule has 0 amide bonds. The lowest BCUT2D eigenvalue weighted by Gasteiger charge is -2.04. The van der Waals surface area contributed by atoms with Crippen molar-refractivity contribution in [3.63, 3.8) is 0 Å². The van der Waals surface area contributed by atoms with Crippen molar-refractivity contribution in [1.29, 1.82) is 0 Å². The number of hydrogen-bond acceptors (Lipinski definition) is 0. The van der Waals surface area contributed by atoms with Gasteiger partial charge in [-0.05, 0) is 49.7 Å². The van der Waals surface area contributed by atoms with Gasteiger partial charge in [0.2, 0.25) is 0 Å². The Morgan fingerprint density at radius 2 is 0.900 bits per heavy atom.